The number of anilines is 2. The molecule has 0 aliphatic heterocycles. The van der Waals surface area contributed by atoms with Crippen LogP contribution in [0.2, 0.25) is 0 Å². The maximum absolute atomic E-state index is 5.35. The number of methoxy groups -OCH3 is 1. The summed E-state index contributed by atoms with van der Waals surface area (Å²) in [6.07, 6.45) is 5.68. The fraction of sp³-hybridized carbons (Fsp3) is 0.467. The van der Waals surface area contributed by atoms with Crippen LogP contribution in [0.1, 0.15) is 25.5 Å². The van der Waals surface area contributed by atoms with Gasteiger partial charge in [-0.3, -0.25) is 4.68 Å². The van der Waals surface area contributed by atoms with E-state index < -0.39 is 0 Å². The van der Waals surface area contributed by atoms with E-state index in [1.807, 2.05) is 35.9 Å². The Labute approximate surface area is 125 Å². The molecule has 0 fully saturated rings. The average molecular weight is 289 g/mol. The van der Waals surface area contributed by atoms with Gasteiger partial charge in [0.25, 0.3) is 0 Å². The minimum absolute atomic E-state index is 0.365. The standard InChI is InChI=1S/C15H23N5O/c1-11(2)20-10-12(9-18-20)8-17-14-13(19(3)4)6-7-16-15(14)21-5/h6-7,9-11,17H,8H2,1-5H3. The van der Waals surface area contributed by atoms with Crippen molar-refractivity contribution >= 4 is 11.4 Å². The van der Waals surface area contributed by atoms with Gasteiger partial charge < -0.3 is 15.0 Å². The first-order valence-corrected chi connectivity index (χ1v) is 7.00. The van der Waals surface area contributed by atoms with Crippen LogP contribution in [0.4, 0.5) is 11.4 Å². The van der Waals surface area contributed by atoms with Gasteiger partial charge in [-0.05, 0) is 19.9 Å². The zero-order valence-corrected chi connectivity index (χ0v) is 13.3. The third-order valence-electron chi connectivity index (χ3n) is 3.22. The van der Waals surface area contributed by atoms with Gasteiger partial charge in [-0.1, -0.05) is 0 Å². The summed E-state index contributed by atoms with van der Waals surface area (Å²) < 4.78 is 7.30. The summed E-state index contributed by atoms with van der Waals surface area (Å²) >= 11 is 0. The Morgan fingerprint density at radius 3 is 2.71 bits per heavy atom. The second-order valence-corrected chi connectivity index (χ2v) is 5.38. The smallest absolute Gasteiger partial charge is 0.239 e. The number of nitrogens with zero attached hydrogens (tertiary/aromatic N) is 4. The molecule has 1 N–H and O–H groups in total. The lowest BCUT2D eigenvalue weighted by Crippen LogP contribution is -2.13. The molecule has 0 amide bonds. The molecule has 2 rings (SSSR count). The molecule has 0 unspecified atom stereocenters. The first-order chi connectivity index (χ1) is 10.0. The molecule has 2 heterocycles. The maximum atomic E-state index is 5.35. The summed E-state index contributed by atoms with van der Waals surface area (Å²) in [5, 5.41) is 7.75. The van der Waals surface area contributed by atoms with E-state index in [0.717, 1.165) is 16.9 Å². The summed E-state index contributed by atoms with van der Waals surface area (Å²) in [5.41, 5.74) is 3.06. The molecule has 0 saturated heterocycles. The van der Waals surface area contributed by atoms with Crippen LogP contribution in [0.15, 0.2) is 24.7 Å². The van der Waals surface area contributed by atoms with E-state index in [1.165, 1.54) is 0 Å². The molecule has 114 valence electrons. The highest BCUT2D eigenvalue weighted by Crippen LogP contribution is 2.32. The zero-order chi connectivity index (χ0) is 15.4. The third-order valence-corrected chi connectivity index (χ3v) is 3.22. The molecule has 0 aliphatic carbocycles. The molecule has 21 heavy (non-hydrogen) atoms. The number of hydrogen-bond acceptors (Lipinski definition) is 5. The number of pyridine rings is 1. The van der Waals surface area contributed by atoms with Gasteiger partial charge in [-0.2, -0.15) is 5.10 Å². The largest absolute Gasteiger partial charge is 0.479 e. The molecule has 0 aromatic carbocycles. The van der Waals surface area contributed by atoms with Gasteiger partial charge in [-0.15, -0.1) is 0 Å². The van der Waals surface area contributed by atoms with Crippen molar-refractivity contribution in [2.45, 2.75) is 26.4 Å². The molecular weight excluding hydrogens is 266 g/mol. The van der Waals surface area contributed by atoms with E-state index in [4.69, 9.17) is 4.74 Å². The molecular formula is C15H23N5O. The predicted octanol–water partition coefficient (Wildman–Crippen LogP) is 2.55. The highest BCUT2D eigenvalue weighted by Gasteiger charge is 2.12. The van der Waals surface area contributed by atoms with Crippen LogP contribution in [0.3, 0.4) is 0 Å². The van der Waals surface area contributed by atoms with Gasteiger partial charge in [-0.25, -0.2) is 4.98 Å². The van der Waals surface area contributed by atoms with Crippen LogP contribution in [-0.2, 0) is 6.54 Å². The van der Waals surface area contributed by atoms with Crippen molar-refractivity contribution in [2.24, 2.45) is 0 Å². The fourth-order valence-electron chi connectivity index (χ4n) is 2.07. The normalized spacial score (nSPS) is 10.8. The van der Waals surface area contributed by atoms with E-state index in [-0.39, 0.29) is 0 Å². The Hall–Kier alpha value is -2.24. The molecule has 0 radical (unpaired) electrons. The van der Waals surface area contributed by atoms with Crippen LogP contribution in [0.5, 0.6) is 5.88 Å². The molecule has 2 aromatic rings. The summed E-state index contributed by atoms with van der Waals surface area (Å²) in [5.74, 6) is 0.595. The topological polar surface area (TPSA) is 55.2 Å². The summed E-state index contributed by atoms with van der Waals surface area (Å²) in [6, 6.07) is 2.33. The van der Waals surface area contributed by atoms with E-state index in [2.05, 4.69) is 35.4 Å². The van der Waals surface area contributed by atoms with Crippen molar-refractivity contribution in [1.82, 2.24) is 14.8 Å². The van der Waals surface area contributed by atoms with E-state index in [1.54, 1.807) is 13.3 Å². The van der Waals surface area contributed by atoms with E-state index >= 15 is 0 Å². The number of ether oxygens (including phenoxy) is 1. The second kappa shape index (κ2) is 6.47. The van der Waals surface area contributed by atoms with Crippen LogP contribution in [-0.4, -0.2) is 36.0 Å². The molecule has 0 spiro atoms. The van der Waals surface area contributed by atoms with Gasteiger partial charge >= 0.3 is 0 Å². The van der Waals surface area contributed by atoms with Gasteiger partial charge in [0.2, 0.25) is 5.88 Å². The van der Waals surface area contributed by atoms with Crippen molar-refractivity contribution < 1.29 is 4.74 Å². The van der Waals surface area contributed by atoms with Crippen LogP contribution < -0.4 is 15.0 Å². The van der Waals surface area contributed by atoms with Crippen LogP contribution >= 0.6 is 0 Å². The Bertz CT molecular complexity index is 591. The second-order valence-electron chi connectivity index (χ2n) is 5.38. The van der Waals surface area contributed by atoms with Crippen LogP contribution in [0.25, 0.3) is 0 Å². The van der Waals surface area contributed by atoms with Crippen molar-refractivity contribution in [3.63, 3.8) is 0 Å². The highest BCUT2D eigenvalue weighted by atomic mass is 16.5. The minimum atomic E-state index is 0.365. The number of hydrogen-bond donors (Lipinski definition) is 1. The molecule has 0 atom stereocenters. The van der Waals surface area contributed by atoms with Crippen molar-refractivity contribution in [3.8, 4) is 5.88 Å². The van der Waals surface area contributed by atoms with Crippen LogP contribution in [0, 0.1) is 0 Å². The maximum Gasteiger partial charge on any atom is 0.239 e. The van der Waals surface area contributed by atoms with Gasteiger partial charge in [0, 0.05) is 44.6 Å². The van der Waals surface area contributed by atoms with E-state index in [9.17, 15) is 0 Å². The Kier molecular flexibility index (Phi) is 4.67. The number of rotatable bonds is 6. The third kappa shape index (κ3) is 3.45. The van der Waals surface area contributed by atoms with Gasteiger partial charge in [0.05, 0.1) is 19.0 Å². The van der Waals surface area contributed by atoms with E-state index in [0.29, 0.717) is 18.5 Å². The fourth-order valence-corrected chi connectivity index (χ4v) is 2.07. The molecule has 2 aromatic heterocycles. The molecule has 6 heteroatoms. The summed E-state index contributed by atoms with van der Waals surface area (Å²) in [7, 11) is 5.62. The first-order valence-electron chi connectivity index (χ1n) is 7.00. The average Bonchev–Trinajstić information content (AvgIpc) is 2.93. The Morgan fingerprint density at radius 2 is 2.14 bits per heavy atom. The quantitative estimate of drug-likeness (QED) is 0.885. The monoisotopic (exact) mass is 289 g/mol. The Morgan fingerprint density at radius 1 is 1.38 bits per heavy atom. The number of aromatic nitrogens is 3. The first kappa shape index (κ1) is 15.2. The summed E-state index contributed by atoms with van der Waals surface area (Å²) in [4.78, 5) is 6.29. The molecule has 0 saturated carbocycles. The lowest BCUT2D eigenvalue weighted by molar-refractivity contribution is 0.400. The van der Waals surface area contributed by atoms with Crippen molar-refractivity contribution in [2.75, 3.05) is 31.4 Å². The molecule has 0 aliphatic rings. The lowest BCUT2D eigenvalue weighted by Gasteiger charge is -2.19. The minimum Gasteiger partial charge on any atom is -0.479 e. The zero-order valence-electron chi connectivity index (χ0n) is 13.3. The van der Waals surface area contributed by atoms with Gasteiger partial charge in [0.15, 0.2) is 0 Å². The van der Waals surface area contributed by atoms with Gasteiger partial charge in [0.1, 0.15) is 5.69 Å². The predicted molar refractivity (Wildman–Crippen MR) is 85.1 cm³/mol. The summed E-state index contributed by atoms with van der Waals surface area (Å²) in [6.45, 7) is 4.90. The Balaban J connectivity index is 2.18. The molecule has 0 bridgehead atoms. The lowest BCUT2D eigenvalue weighted by atomic mass is 10.3. The van der Waals surface area contributed by atoms with Crippen molar-refractivity contribution in [1.29, 1.82) is 0 Å². The highest BCUT2D eigenvalue weighted by molar-refractivity contribution is 5.74. The molecule has 6 nitrogen and oxygen atoms in total. The van der Waals surface area contributed by atoms with Crippen molar-refractivity contribution in [3.05, 3.63) is 30.2 Å². The SMILES string of the molecule is COc1nccc(N(C)C)c1NCc1cnn(C(C)C)c1. The number of nitrogens with one attached hydrogen (secondary N) is 1.